The van der Waals surface area contributed by atoms with E-state index in [0.717, 1.165) is 37.1 Å². The lowest BCUT2D eigenvalue weighted by Crippen LogP contribution is -2.54. The number of terminal acetylenes is 1. The van der Waals surface area contributed by atoms with Gasteiger partial charge in [0.15, 0.2) is 23.5 Å². The SMILES string of the molecule is C#Cc1ccc(CN(CCOC(=O)OCC2OC(n3cnc4c(=O)[nH]c(NC(=O)C(C)C)nc43)[C@H]2OC(C)=O)CC2CCCCN2)cc1. The number of hydrogen-bond donors (Lipinski definition) is 3. The Labute approximate surface area is 277 Å². The minimum absolute atomic E-state index is 0.00360. The zero-order chi connectivity index (χ0) is 34.2. The van der Waals surface area contributed by atoms with Crippen LogP contribution in [0.4, 0.5) is 10.7 Å². The third kappa shape index (κ3) is 8.77. The van der Waals surface area contributed by atoms with E-state index in [0.29, 0.717) is 19.1 Å². The lowest BCUT2D eigenvalue weighted by molar-refractivity contribution is -0.272. The molecule has 15 nitrogen and oxygen atoms in total. The molecule has 1 amide bonds. The number of H-pyrrole nitrogens is 1. The van der Waals surface area contributed by atoms with Crippen molar-refractivity contribution < 1.29 is 33.3 Å². The van der Waals surface area contributed by atoms with Crippen LogP contribution in [0.1, 0.15) is 57.4 Å². The topological polar surface area (TPSA) is 179 Å². The van der Waals surface area contributed by atoms with Crippen LogP contribution >= 0.6 is 0 Å². The van der Waals surface area contributed by atoms with Crippen LogP contribution in [0.2, 0.25) is 0 Å². The van der Waals surface area contributed by atoms with Gasteiger partial charge in [0.25, 0.3) is 5.56 Å². The molecule has 0 radical (unpaired) electrons. The van der Waals surface area contributed by atoms with Crippen molar-refractivity contribution in [1.82, 2.24) is 29.7 Å². The molecule has 0 bridgehead atoms. The maximum Gasteiger partial charge on any atom is 0.508 e. The van der Waals surface area contributed by atoms with Crippen molar-refractivity contribution in [3.63, 3.8) is 0 Å². The Bertz CT molecular complexity index is 1690. The van der Waals surface area contributed by atoms with Crippen LogP contribution in [0.3, 0.4) is 0 Å². The molecule has 3 aromatic rings. The number of anilines is 1. The van der Waals surface area contributed by atoms with E-state index in [4.69, 9.17) is 25.4 Å². The highest BCUT2D eigenvalue weighted by atomic mass is 16.7. The first-order valence-electron chi connectivity index (χ1n) is 16.0. The normalized spacial score (nSPS) is 20.6. The van der Waals surface area contributed by atoms with E-state index in [-0.39, 0.29) is 42.2 Å². The predicted molar refractivity (Wildman–Crippen MR) is 174 cm³/mol. The highest BCUT2D eigenvalue weighted by Gasteiger charge is 2.48. The number of aromatic amines is 1. The zero-order valence-electron chi connectivity index (χ0n) is 27.3. The van der Waals surface area contributed by atoms with Crippen molar-refractivity contribution >= 4 is 35.1 Å². The lowest BCUT2D eigenvalue weighted by atomic mass is 10.0. The minimum Gasteiger partial charge on any atom is -0.455 e. The smallest absolute Gasteiger partial charge is 0.455 e. The highest BCUT2D eigenvalue weighted by Crippen LogP contribution is 2.35. The standard InChI is InChI=1S/C33H41N7O8/c1-5-22-9-11-23(12-10-22)16-39(17-24-8-6-7-13-34-24)14-15-45-33(44)46-18-25-27(47-21(4)41)31(48-25)40-19-35-26-28(40)36-32(38-30(26)43)37-29(42)20(2)3/h1,9-12,19-20,24-25,27,31,34H,6-8,13-18H2,2-4H3,(H2,36,37,38,42,43)/t24?,25?,27-,31?/m0/s1. The van der Waals surface area contributed by atoms with E-state index < -0.39 is 36.1 Å². The fourth-order valence-corrected chi connectivity index (χ4v) is 5.59. The molecule has 3 N–H and O–H groups in total. The van der Waals surface area contributed by atoms with E-state index >= 15 is 0 Å². The van der Waals surface area contributed by atoms with Gasteiger partial charge in [-0.3, -0.25) is 34.2 Å². The fourth-order valence-electron chi connectivity index (χ4n) is 5.59. The molecule has 4 atom stereocenters. The van der Waals surface area contributed by atoms with Gasteiger partial charge >= 0.3 is 12.1 Å². The van der Waals surface area contributed by atoms with Gasteiger partial charge in [0.05, 0.1) is 6.33 Å². The van der Waals surface area contributed by atoms with Gasteiger partial charge in [-0.2, -0.15) is 4.98 Å². The third-order valence-corrected chi connectivity index (χ3v) is 8.15. The molecule has 0 spiro atoms. The van der Waals surface area contributed by atoms with E-state index in [1.165, 1.54) is 24.2 Å². The van der Waals surface area contributed by atoms with Gasteiger partial charge in [-0.05, 0) is 37.1 Å². The van der Waals surface area contributed by atoms with Crippen LogP contribution in [0, 0.1) is 18.3 Å². The first kappa shape index (κ1) is 34.6. The molecule has 2 fully saturated rings. The van der Waals surface area contributed by atoms with Crippen molar-refractivity contribution in [3.05, 3.63) is 52.1 Å². The summed E-state index contributed by atoms with van der Waals surface area (Å²) in [5.74, 6) is 1.30. The Balaban J connectivity index is 1.16. The number of amides is 1. The molecule has 5 rings (SSSR count). The molecule has 4 heterocycles. The number of carbonyl (C=O) groups excluding carboxylic acids is 3. The van der Waals surface area contributed by atoms with E-state index in [9.17, 15) is 19.2 Å². The number of esters is 1. The number of nitrogens with one attached hydrogen (secondary N) is 3. The van der Waals surface area contributed by atoms with Crippen LogP contribution in [-0.2, 0) is 35.1 Å². The average Bonchev–Trinajstić information content (AvgIpc) is 3.47. The Hall–Kier alpha value is -4.78. The second-order valence-corrected chi connectivity index (χ2v) is 12.2. The highest BCUT2D eigenvalue weighted by molar-refractivity contribution is 5.91. The maximum atomic E-state index is 12.6. The molecule has 2 aliphatic heterocycles. The fraction of sp³-hybridized carbons (Fsp3) is 0.515. The molecule has 1 aromatic carbocycles. The summed E-state index contributed by atoms with van der Waals surface area (Å²) in [5, 5.41) is 6.12. The second kappa shape index (κ2) is 15.9. The van der Waals surface area contributed by atoms with Crippen LogP contribution in [0.5, 0.6) is 0 Å². The predicted octanol–water partition coefficient (Wildman–Crippen LogP) is 2.32. The molecule has 15 heteroatoms. The summed E-state index contributed by atoms with van der Waals surface area (Å²) < 4.78 is 23.5. The van der Waals surface area contributed by atoms with Gasteiger partial charge in [0.2, 0.25) is 11.9 Å². The number of aromatic nitrogens is 4. The largest absolute Gasteiger partial charge is 0.508 e. The summed E-state index contributed by atoms with van der Waals surface area (Å²) >= 11 is 0. The summed E-state index contributed by atoms with van der Waals surface area (Å²) in [5.41, 5.74) is 1.46. The summed E-state index contributed by atoms with van der Waals surface area (Å²) in [6, 6.07) is 8.17. The lowest BCUT2D eigenvalue weighted by Gasteiger charge is -2.43. The van der Waals surface area contributed by atoms with Gasteiger partial charge in [0, 0.05) is 44.1 Å². The van der Waals surface area contributed by atoms with Crippen LogP contribution in [0.15, 0.2) is 35.4 Å². The van der Waals surface area contributed by atoms with Gasteiger partial charge in [-0.1, -0.05) is 38.3 Å². The van der Waals surface area contributed by atoms with Crippen molar-refractivity contribution in [2.75, 3.05) is 38.2 Å². The van der Waals surface area contributed by atoms with Gasteiger partial charge in [-0.15, -0.1) is 6.42 Å². The van der Waals surface area contributed by atoms with Crippen molar-refractivity contribution in [2.24, 2.45) is 5.92 Å². The Morgan fingerprint density at radius 2 is 2.00 bits per heavy atom. The molecule has 3 unspecified atom stereocenters. The minimum atomic E-state index is -0.914. The summed E-state index contributed by atoms with van der Waals surface area (Å²) in [4.78, 5) is 62.4. The number of carbonyl (C=O) groups is 3. The molecule has 2 aromatic heterocycles. The van der Waals surface area contributed by atoms with Gasteiger partial charge in [-0.25, -0.2) is 9.78 Å². The Kier molecular flexibility index (Phi) is 11.4. The average molecular weight is 664 g/mol. The molecular formula is C33H41N7O8. The van der Waals surface area contributed by atoms with Crippen LogP contribution in [-0.4, -0.2) is 93.5 Å². The molecule has 256 valence electrons. The number of imidazole rings is 1. The number of piperidine rings is 1. The van der Waals surface area contributed by atoms with E-state index in [1.807, 2.05) is 24.3 Å². The number of ether oxygens (including phenoxy) is 4. The zero-order valence-corrected chi connectivity index (χ0v) is 27.3. The third-order valence-electron chi connectivity index (χ3n) is 8.15. The van der Waals surface area contributed by atoms with E-state index in [1.54, 1.807) is 13.8 Å². The summed E-state index contributed by atoms with van der Waals surface area (Å²) in [6.45, 7) is 7.44. The molecule has 0 saturated carbocycles. The van der Waals surface area contributed by atoms with E-state index in [2.05, 4.69) is 36.4 Å². The Morgan fingerprint density at radius 1 is 1.21 bits per heavy atom. The first-order valence-corrected chi connectivity index (χ1v) is 16.0. The van der Waals surface area contributed by atoms with Crippen molar-refractivity contribution in [2.45, 2.75) is 71.1 Å². The van der Waals surface area contributed by atoms with Crippen LogP contribution < -0.4 is 16.2 Å². The van der Waals surface area contributed by atoms with Crippen molar-refractivity contribution in [3.8, 4) is 12.3 Å². The number of fused-ring (bicyclic) bond motifs is 1. The van der Waals surface area contributed by atoms with Crippen LogP contribution in [0.25, 0.3) is 11.2 Å². The molecule has 0 aliphatic carbocycles. The molecular weight excluding hydrogens is 622 g/mol. The molecule has 2 aliphatic rings. The molecule has 2 saturated heterocycles. The quantitative estimate of drug-likeness (QED) is 0.180. The van der Waals surface area contributed by atoms with Crippen molar-refractivity contribution in [1.29, 1.82) is 0 Å². The second-order valence-electron chi connectivity index (χ2n) is 12.2. The number of nitrogens with zero attached hydrogens (tertiary/aromatic N) is 4. The molecule has 48 heavy (non-hydrogen) atoms. The monoisotopic (exact) mass is 663 g/mol. The number of benzene rings is 1. The summed E-state index contributed by atoms with van der Waals surface area (Å²) in [6.07, 6.45) is 6.74. The first-order chi connectivity index (χ1) is 23.1. The van der Waals surface area contributed by atoms with Gasteiger partial charge in [0.1, 0.15) is 19.3 Å². The summed E-state index contributed by atoms with van der Waals surface area (Å²) in [7, 11) is 0. The van der Waals surface area contributed by atoms with Gasteiger partial charge < -0.3 is 24.3 Å². The number of hydrogen-bond acceptors (Lipinski definition) is 12. The number of rotatable bonds is 13. The maximum absolute atomic E-state index is 12.6. The Morgan fingerprint density at radius 3 is 2.69 bits per heavy atom.